The largest absolute Gasteiger partial charge is 0.462 e. The second-order valence-electron chi connectivity index (χ2n) is 10.0. The maximum absolute atomic E-state index is 15.3. The lowest BCUT2D eigenvalue weighted by Crippen LogP contribution is -2.41. The smallest absolute Gasteiger partial charge is 0.351 e. The van der Waals surface area contributed by atoms with E-state index in [1.807, 2.05) is 0 Å². The Hall–Kier alpha value is -1.16. The van der Waals surface area contributed by atoms with Gasteiger partial charge in [-0.25, -0.2) is 14.3 Å². The van der Waals surface area contributed by atoms with Gasteiger partial charge in [-0.3, -0.25) is 14.2 Å². The molecule has 1 unspecified atom stereocenters. The maximum Gasteiger partial charge on any atom is 0.351 e. The van der Waals surface area contributed by atoms with E-state index in [0.29, 0.717) is 0 Å². The number of aromatic nitrogens is 2. The van der Waals surface area contributed by atoms with Crippen LogP contribution in [0.1, 0.15) is 47.8 Å². The van der Waals surface area contributed by atoms with Gasteiger partial charge in [0.15, 0.2) is 11.3 Å². The lowest BCUT2D eigenvalue weighted by atomic mass is 10.00. The van der Waals surface area contributed by atoms with Gasteiger partial charge in [-0.15, -0.1) is 0 Å². The molecule has 12 nitrogen and oxygen atoms in total. The number of rotatable bonds is 12. The molecule has 222 valence electrons. The van der Waals surface area contributed by atoms with Crippen LogP contribution in [0, 0.1) is 5.41 Å². The van der Waals surface area contributed by atoms with Crippen LogP contribution in [0.4, 0.5) is 10.2 Å². The van der Waals surface area contributed by atoms with Gasteiger partial charge in [0.25, 0.3) is 11.8 Å². The Morgan fingerprint density at radius 1 is 1.41 bits per heavy atom. The normalized spacial score (nSPS) is 25.8. The highest BCUT2D eigenvalue weighted by molar-refractivity contribution is 8.13. The Morgan fingerprint density at radius 2 is 2.05 bits per heavy atom. The van der Waals surface area contributed by atoms with E-state index in [9.17, 15) is 19.5 Å². The SMILES string of the molecule is CC(C)OC(=O)[C@H](C)NP(=S)(OCCSC(=O)C(C)(C)C)OC[C@H]1O[C@@H](n2ccc(N)nc2=O)[C@@](F)(Cl)[C@@H]1O. The molecule has 0 amide bonds. The molecule has 2 heterocycles. The van der Waals surface area contributed by atoms with E-state index in [4.69, 9.17) is 47.7 Å². The lowest BCUT2D eigenvalue weighted by Gasteiger charge is -2.28. The van der Waals surface area contributed by atoms with Crippen LogP contribution in [0.25, 0.3) is 0 Å². The van der Waals surface area contributed by atoms with Crippen molar-refractivity contribution in [2.24, 2.45) is 5.41 Å². The van der Waals surface area contributed by atoms with Gasteiger partial charge >= 0.3 is 11.7 Å². The van der Waals surface area contributed by atoms with Gasteiger partial charge in [0.1, 0.15) is 24.1 Å². The number of nitrogens with one attached hydrogen (secondary N) is 1. The van der Waals surface area contributed by atoms with Gasteiger partial charge < -0.3 is 29.4 Å². The van der Waals surface area contributed by atoms with Crippen molar-refractivity contribution in [2.75, 3.05) is 24.7 Å². The number of nitrogens with zero attached hydrogens (tertiary/aromatic N) is 2. The highest BCUT2D eigenvalue weighted by atomic mass is 35.5. The van der Waals surface area contributed by atoms with Crippen molar-refractivity contribution in [3.8, 4) is 0 Å². The molecule has 0 spiro atoms. The van der Waals surface area contributed by atoms with E-state index < -0.39 is 59.9 Å². The summed E-state index contributed by atoms with van der Waals surface area (Å²) in [5, 5.41) is 10.4. The highest BCUT2D eigenvalue weighted by Gasteiger charge is 2.58. The third kappa shape index (κ3) is 9.44. The molecule has 1 aliphatic heterocycles. The van der Waals surface area contributed by atoms with E-state index in [-0.39, 0.29) is 29.4 Å². The average Bonchev–Trinajstić information content (AvgIpc) is 3.03. The van der Waals surface area contributed by atoms with Crippen LogP contribution in [0.2, 0.25) is 0 Å². The Bertz CT molecular complexity index is 1140. The number of thioether (sulfide) groups is 1. The van der Waals surface area contributed by atoms with E-state index in [1.54, 1.807) is 34.6 Å². The number of aliphatic hydroxyl groups excluding tert-OH is 1. The topological polar surface area (TPSA) is 164 Å². The molecule has 6 atom stereocenters. The zero-order valence-electron chi connectivity index (χ0n) is 22.5. The minimum atomic E-state index is -3.50. The van der Waals surface area contributed by atoms with Gasteiger partial charge in [0.05, 0.1) is 19.3 Å². The number of anilines is 1. The monoisotopic (exact) mass is 632 g/mol. The third-order valence-electron chi connectivity index (χ3n) is 5.14. The van der Waals surface area contributed by atoms with Crippen LogP contribution >= 0.6 is 30.0 Å². The molecular formula is C22H35ClFN4O8PS2. The average molecular weight is 633 g/mol. The third-order valence-corrected chi connectivity index (χ3v) is 9.46. The lowest BCUT2D eigenvalue weighted by molar-refractivity contribution is -0.149. The van der Waals surface area contributed by atoms with E-state index in [2.05, 4.69) is 10.1 Å². The van der Waals surface area contributed by atoms with E-state index >= 15 is 4.39 Å². The highest BCUT2D eigenvalue weighted by Crippen LogP contribution is 2.48. The Labute approximate surface area is 240 Å². The zero-order chi connectivity index (χ0) is 29.8. The number of carbonyl (C=O) groups excluding carboxylic acids is 2. The summed E-state index contributed by atoms with van der Waals surface area (Å²) < 4.78 is 38.3. The van der Waals surface area contributed by atoms with Crippen LogP contribution in [0.15, 0.2) is 17.1 Å². The molecule has 1 saturated heterocycles. The number of alkyl halides is 2. The summed E-state index contributed by atoms with van der Waals surface area (Å²) in [6.45, 7) is 6.20. The standard InChI is InChI=1S/C22H35ClFN4O8PS2/c1-12(2)35-17(30)13(3)27-37(38,33-9-10-39-19(31)21(4,5)6)34-11-14-16(29)22(23,24)18(36-14)28-8-7-15(25)26-20(28)32/h7-8,12-14,16,18,29H,9-11H2,1-6H3,(H,27,38)(H2,25,26,32)/t13-,14+,16+,18+,22+,37?/m0/s1. The summed E-state index contributed by atoms with van der Waals surface area (Å²) in [5.41, 5.74) is 3.99. The summed E-state index contributed by atoms with van der Waals surface area (Å²) in [4.78, 5) is 40.3. The molecule has 1 aromatic heterocycles. The molecule has 1 aliphatic rings. The van der Waals surface area contributed by atoms with Crippen LogP contribution in [0.3, 0.4) is 0 Å². The van der Waals surface area contributed by atoms with Crippen molar-refractivity contribution in [3.63, 3.8) is 0 Å². The first-order valence-corrected chi connectivity index (χ1v) is 16.0. The van der Waals surface area contributed by atoms with Crippen molar-refractivity contribution in [2.45, 2.75) is 77.3 Å². The van der Waals surface area contributed by atoms with Crippen molar-refractivity contribution in [1.82, 2.24) is 14.6 Å². The number of hydrogen-bond acceptors (Lipinski definition) is 12. The number of esters is 1. The predicted octanol–water partition coefficient (Wildman–Crippen LogP) is 2.48. The Balaban J connectivity index is 2.16. The van der Waals surface area contributed by atoms with Gasteiger partial charge in [-0.05, 0) is 38.6 Å². The molecule has 4 N–H and O–H groups in total. The van der Waals surface area contributed by atoms with Crippen molar-refractivity contribution >= 4 is 58.7 Å². The number of nitrogen functional groups attached to an aromatic ring is 1. The van der Waals surface area contributed by atoms with Crippen molar-refractivity contribution in [1.29, 1.82) is 0 Å². The van der Waals surface area contributed by atoms with Crippen LogP contribution in [-0.2, 0) is 39.9 Å². The summed E-state index contributed by atoms with van der Waals surface area (Å²) >= 11 is 12.6. The quantitative estimate of drug-likeness (QED) is 0.133. The first-order chi connectivity index (χ1) is 17.9. The molecular weight excluding hydrogens is 598 g/mol. The van der Waals surface area contributed by atoms with Crippen LogP contribution in [-0.4, -0.2) is 74.2 Å². The first-order valence-electron chi connectivity index (χ1n) is 12.0. The number of halogens is 2. The fourth-order valence-corrected chi connectivity index (χ4v) is 6.69. The molecule has 1 fully saturated rings. The van der Waals surface area contributed by atoms with Crippen LogP contribution < -0.4 is 16.5 Å². The molecule has 0 aromatic carbocycles. The molecule has 1 aromatic rings. The minimum absolute atomic E-state index is 0.0194. The molecule has 0 aliphatic carbocycles. The van der Waals surface area contributed by atoms with Crippen LogP contribution in [0.5, 0.6) is 0 Å². The summed E-state index contributed by atoms with van der Waals surface area (Å²) in [5.74, 6) is -0.457. The number of aliphatic hydroxyl groups is 1. The summed E-state index contributed by atoms with van der Waals surface area (Å²) in [6.07, 6.45) is -4.33. The summed E-state index contributed by atoms with van der Waals surface area (Å²) in [6, 6.07) is 0.294. The van der Waals surface area contributed by atoms with Crippen molar-refractivity contribution in [3.05, 3.63) is 22.7 Å². The number of nitrogens with two attached hydrogens (primary N) is 1. The van der Waals surface area contributed by atoms with Gasteiger partial charge in [0, 0.05) is 17.4 Å². The molecule has 0 bridgehead atoms. The molecule has 2 rings (SSSR count). The van der Waals surface area contributed by atoms with Gasteiger partial charge in [-0.2, -0.15) is 4.98 Å². The second-order valence-corrected chi connectivity index (χ2v) is 14.9. The van der Waals surface area contributed by atoms with E-state index in [0.717, 1.165) is 22.5 Å². The van der Waals surface area contributed by atoms with Crippen molar-refractivity contribution < 1.29 is 37.6 Å². The second kappa shape index (κ2) is 13.7. The fraction of sp³-hybridized carbons (Fsp3) is 0.727. The Morgan fingerprint density at radius 3 is 2.62 bits per heavy atom. The summed E-state index contributed by atoms with van der Waals surface area (Å²) in [7, 11) is 0. The molecule has 17 heteroatoms. The number of hydrogen-bond donors (Lipinski definition) is 3. The fourth-order valence-electron chi connectivity index (χ4n) is 3.13. The van der Waals surface area contributed by atoms with Gasteiger partial charge in [0.2, 0.25) is 0 Å². The van der Waals surface area contributed by atoms with Gasteiger partial charge in [-0.1, -0.05) is 44.1 Å². The number of ether oxygens (including phenoxy) is 2. The zero-order valence-corrected chi connectivity index (χ0v) is 25.7. The first kappa shape index (κ1) is 34.0. The minimum Gasteiger partial charge on any atom is -0.462 e. The Kier molecular flexibility index (Phi) is 11.9. The number of carbonyl (C=O) groups is 2. The molecule has 0 radical (unpaired) electrons. The predicted molar refractivity (Wildman–Crippen MR) is 149 cm³/mol. The molecule has 39 heavy (non-hydrogen) atoms. The van der Waals surface area contributed by atoms with E-state index in [1.165, 1.54) is 13.0 Å². The maximum atomic E-state index is 15.3. The molecule has 0 saturated carbocycles.